The number of aliphatic imine (C=N–C) groups is 1. The second-order valence-electron chi connectivity index (χ2n) is 5.93. The van der Waals surface area contributed by atoms with E-state index in [1.165, 1.54) is 0 Å². The lowest BCUT2D eigenvalue weighted by atomic mass is 10.1. The molecule has 1 aromatic carbocycles. The van der Waals surface area contributed by atoms with Gasteiger partial charge in [-0.3, -0.25) is 4.79 Å². The van der Waals surface area contributed by atoms with E-state index < -0.39 is 0 Å². The zero-order valence-corrected chi connectivity index (χ0v) is 14.8. The second-order valence-corrected chi connectivity index (χ2v) is 5.93. The molecule has 0 aromatic heterocycles. The van der Waals surface area contributed by atoms with Gasteiger partial charge in [-0.15, -0.1) is 0 Å². The van der Waals surface area contributed by atoms with Crippen molar-refractivity contribution in [3.63, 3.8) is 0 Å². The number of nitrogens with one attached hydrogen (secondary N) is 3. The van der Waals surface area contributed by atoms with E-state index in [0.717, 1.165) is 36.3 Å². The molecule has 1 aromatic rings. The molecule has 1 fully saturated rings. The number of hydrogen-bond acceptors (Lipinski definition) is 3. The van der Waals surface area contributed by atoms with Crippen LogP contribution in [0.2, 0.25) is 0 Å². The lowest BCUT2D eigenvalue weighted by Crippen LogP contribution is -2.43. The van der Waals surface area contributed by atoms with Gasteiger partial charge in [0.15, 0.2) is 5.96 Å². The molecule has 1 amide bonds. The first-order chi connectivity index (χ1) is 11.6. The van der Waals surface area contributed by atoms with Gasteiger partial charge < -0.3 is 20.7 Å². The van der Waals surface area contributed by atoms with Gasteiger partial charge >= 0.3 is 0 Å². The summed E-state index contributed by atoms with van der Waals surface area (Å²) < 4.78 is 5.68. The third-order valence-electron chi connectivity index (χ3n) is 3.63. The second kappa shape index (κ2) is 9.15. The average Bonchev–Trinajstić information content (AvgIpc) is 3.36. The van der Waals surface area contributed by atoms with Gasteiger partial charge in [-0.2, -0.15) is 0 Å². The van der Waals surface area contributed by atoms with Gasteiger partial charge in [0.1, 0.15) is 5.75 Å². The number of carbonyl (C=O) groups is 1. The van der Waals surface area contributed by atoms with E-state index in [0.29, 0.717) is 25.2 Å². The summed E-state index contributed by atoms with van der Waals surface area (Å²) in [5.74, 6) is 1.50. The summed E-state index contributed by atoms with van der Waals surface area (Å²) in [4.78, 5) is 16.3. The summed E-state index contributed by atoms with van der Waals surface area (Å²) in [5, 5.41) is 9.18. The van der Waals surface area contributed by atoms with Gasteiger partial charge in [0.25, 0.3) is 0 Å². The van der Waals surface area contributed by atoms with Gasteiger partial charge in [0.2, 0.25) is 5.91 Å². The van der Waals surface area contributed by atoms with E-state index in [2.05, 4.69) is 27.0 Å². The molecule has 0 spiro atoms. The van der Waals surface area contributed by atoms with Crippen LogP contribution in [0.15, 0.2) is 23.2 Å². The first-order valence-corrected chi connectivity index (χ1v) is 8.66. The number of benzene rings is 1. The van der Waals surface area contributed by atoms with Crippen molar-refractivity contribution >= 4 is 11.9 Å². The van der Waals surface area contributed by atoms with Crippen molar-refractivity contribution in [1.29, 1.82) is 0 Å². The Hall–Kier alpha value is -2.24. The van der Waals surface area contributed by atoms with Crippen molar-refractivity contribution in [3.8, 4) is 5.75 Å². The zero-order valence-electron chi connectivity index (χ0n) is 14.8. The third kappa shape index (κ3) is 6.10. The summed E-state index contributed by atoms with van der Waals surface area (Å²) in [6, 6.07) is 6.49. The quantitative estimate of drug-likeness (QED) is 0.501. The Bertz CT molecular complexity index is 582. The SMILES string of the molecule is CCNC(=NCc1ccc(C)cc1OCC)NCC(=O)NC1CC1. The predicted molar refractivity (Wildman–Crippen MR) is 96.3 cm³/mol. The molecule has 0 radical (unpaired) electrons. The van der Waals surface area contributed by atoms with Crippen molar-refractivity contribution in [2.24, 2.45) is 4.99 Å². The summed E-state index contributed by atoms with van der Waals surface area (Å²) in [5.41, 5.74) is 2.19. The molecule has 0 saturated heterocycles. The maximum Gasteiger partial charge on any atom is 0.239 e. The van der Waals surface area contributed by atoms with Crippen molar-refractivity contribution < 1.29 is 9.53 Å². The van der Waals surface area contributed by atoms with Crippen LogP contribution in [0.4, 0.5) is 0 Å². The van der Waals surface area contributed by atoms with Crippen molar-refractivity contribution in [1.82, 2.24) is 16.0 Å². The molecule has 0 aliphatic heterocycles. The smallest absolute Gasteiger partial charge is 0.239 e. The molecule has 0 heterocycles. The van der Waals surface area contributed by atoms with Crippen LogP contribution in [0.3, 0.4) is 0 Å². The first kappa shape index (κ1) is 18.1. The van der Waals surface area contributed by atoms with E-state index in [1.54, 1.807) is 0 Å². The Morgan fingerprint density at radius 2 is 2.08 bits per heavy atom. The monoisotopic (exact) mass is 332 g/mol. The number of amides is 1. The van der Waals surface area contributed by atoms with Crippen LogP contribution < -0.4 is 20.7 Å². The minimum absolute atomic E-state index is 0.00782. The van der Waals surface area contributed by atoms with Gasteiger partial charge in [-0.25, -0.2) is 4.99 Å². The highest BCUT2D eigenvalue weighted by Gasteiger charge is 2.22. The first-order valence-electron chi connectivity index (χ1n) is 8.66. The summed E-state index contributed by atoms with van der Waals surface area (Å²) in [6.45, 7) is 8.10. The zero-order chi connectivity index (χ0) is 17.4. The maximum atomic E-state index is 11.8. The Labute approximate surface area is 144 Å². The molecular weight excluding hydrogens is 304 g/mol. The normalized spacial score (nSPS) is 14.2. The topological polar surface area (TPSA) is 74.8 Å². The molecule has 24 heavy (non-hydrogen) atoms. The van der Waals surface area contributed by atoms with Crippen LogP contribution in [0.5, 0.6) is 5.75 Å². The van der Waals surface area contributed by atoms with Crippen molar-refractivity contribution in [2.75, 3.05) is 19.7 Å². The Morgan fingerprint density at radius 1 is 1.29 bits per heavy atom. The fourth-order valence-electron chi connectivity index (χ4n) is 2.26. The number of ether oxygens (including phenoxy) is 1. The van der Waals surface area contributed by atoms with Gasteiger partial charge in [0, 0.05) is 18.2 Å². The largest absolute Gasteiger partial charge is 0.494 e. The molecule has 1 aliphatic carbocycles. The predicted octanol–water partition coefficient (Wildman–Crippen LogP) is 1.73. The lowest BCUT2D eigenvalue weighted by Gasteiger charge is -2.13. The highest BCUT2D eigenvalue weighted by atomic mass is 16.5. The Morgan fingerprint density at radius 3 is 2.75 bits per heavy atom. The van der Waals surface area contributed by atoms with Gasteiger partial charge in [0.05, 0.1) is 19.7 Å². The van der Waals surface area contributed by atoms with Crippen LogP contribution in [0.1, 0.15) is 37.8 Å². The molecule has 132 valence electrons. The highest BCUT2D eigenvalue weighted by molar-refractivity contribution is 5.86. The van der Waals surface area contributed by atoms with E-state index in [4.69, 9.17) is 4.74 Å². The fourth-order valence-corrected chi connectivity index (χ4v) is 2.26. The molecule has 1 aliphatic rings. The highest BCUT2D eigenvalue weighted by Crippen LogP contribution is 2.21. The molecule has 0 unspecified atom stereocenters. The third-order valence-corrected chi connectivity index (χ3v) is 3.63. The average molecular weight is 332 g/mol. The number of carbonyl (C=O) groups excluding carboxylic acids is 1. The lowest BCUT2D eigenvalue weighted by molar-refractivity contribution is -0.120. The Kier molecular flexibility index (Phi) is 6.90. The number of aryl methyl sites for hydroxylation is 1. The van der Waals surface area contributed by atoms with Crippen LogP contribution in [-0.2, 0) is 11.3 Å². The standard InChI is InChI=1S/C18H28N4O2/c1-4-19-18(21-12-17(23)22-15-8-9-15)20-11-14-7-6-13(3)10-16(14)24-5-2/h6-7,10,15H,4-5,8-9,11-12H2,1-3H3,(H,22,23)(H2,19,20,21). The van der Waals surface area contributed by atoms with Crippen LogP contribution in [-0.4, -0.2) is 37.6 Å². The molecule has 2 rings (SSSR count). The summed E-state index contributed by atoms with van der Waals surface area (Å²) in [6.07, 6.45) is 2.18. The van der Waals surface area contributed by atoms with Crippen molar-refractivity contribution in [2.45, 2.75) is 46.2 Å². The molecule has 0 atom stereocenters. The molecule has 1 saturated carbocycles. The van der Waals surface area contributed by atoms with Gasteiger partial charge in [-0.05, 0) is 45.2 Å². The minimum atomic E-state index is 0.00782. The van der Waals surface area contributed by atoms with Crippen LogP contribution in [0.25, 0.3) is 0 Å². The van der Waals surface area contributed by atoms with E-state index >= 15 is 0 Å². The number of rotatable bonds is 8. The van der Waals surface area contributed by atoms with E-state index in [1.807, 2.05) is 32.9 Å². The van der Waals surface area contributed by atoms with E-state index in [-0.39, 0.29) is 12.5 Å². The molecular formula is C18H28N4O2. The summed E-state index contributed by atoms with van der Waals surface area (Å²) >= 11 is 0. The molecule has 0 bridgehead atoms. The number of guanidine groups is 1. The fraction of sp³-hybridized carbons (Fsp3) is 0.556. The molecule has 6 nitrogen and oxygen atoms in total. The Balaban J connectivity index is 1.95. The van der Waals surface area contributed by atoms with E-state index in [9.17, 15) is 4.79 Å². The van der Waals surface area contributed by atoms with Crippen LogP contribution in [0, 0.1) is 6.92 Å². The molecule has 3 N–H and O–H groups in total. The minimum Gasteiger partial charge on any atom is -0.494 e. The molecule has 6 heteroatoms. The number of hydrogen-bond donors (Lipinski definition) is 3. The summed E-state index contributed by atoms with van der Waals surface area (Å²) in [7, 11) is 0. The maximum absolute atomic E-state index is 11.8. The van der Waals surface area contributed by atoms with Gasteiger partial charge in [-0.1, -0.05) is 12.1 Å². The number of nitrogens with zero attached hydrogens (tertiary/aromatic N) is 1. The van der Waals surface area contributed by atoms with Crippen LogP contribution >= 0.6 is 0 Å². The van der Waals surface area contributed by atoms with Crippen molar-refractivity contribution in [3.05, 3.63) is 29.3 Å².